The van der Waals surface area contributed by atoms with Crippen molar-refractivity contribution in [2.75, 3.05) is 13.1 Å². The Morgan fingerprint density at radius 1 is 1.11 bits per heavy atom. The fourth-order valence-corrected chi connectivity index (χ4v) is 0.937. The van der Waals surface area contributed by atoms with E-state index in [1.807, 2.05) is 0 Å². The van der Waals surface area contributed by atoms with Crippen LogP contribution >= 0.6 is 12.4 Å². The zero-order chi connectivity index (χ0) is 5.98. The average molecular weight is 158 g/mol. The van der Waals surface area contributed by atoms with Crippen LogP contribution in [0, 0.1) is 0 Å². The third-order valence-corrected chi connectivity index (χ3v) is 1.42. The Labute approximate surface area is 59.4 Å². The van der Waals surface area contributed by atoms with E-state index in [9.17, 15) is 8.78 Å². The lowest BCUT2D eigenvalue weighted by Gasteiger charge is -2.11. The molecule has 0 unspecified atom stereocenters. The van der Waals surface area contributed by atoms with E-state index >= 15 is 0 Å². The fourth-order valence-electron chi connectivity index (χ4n) is 0.937. The predicted molar refractivity (Wildman–Crippen MR) is 34.1 cm³/mol. The number of halogens is 3. The van der Waals surface area contributed by atoms with Crippen molar-refractivity contribution in [2.24, 2.45) is 0 Å². The van der Waals surface area contributed by atoms with Crippen LogP contribution in [0.5, 0.6) is 0 Å². The van der Waals surface area contributed by atoms with Crippen LogP contribution in [0.2, 0.25) is 0 Å². The minimum atomic E-state index is -2.22. The van der Waals surface area contributed by atoms with Crippen molar-refractivity contribution in [2.45, 2.75) is 19.4 Å². The van der Waals surface area contributed by atoms with Gasteiger partial charge in [-0.25, -0.2) is 4.90 Å². The Kier molecular flexibility index (Phi) is 4.06. The fraction of sp³-hybridized carbons (Fsp3) is 1.00. The van der Waals surface area contributed by atoms with Gasteiger partial charge in [-0.2, -0.15) is 8.78 Å². The molecule has 4 heteroatoms. The summed E-state index contributed by atoms with van der Waals surface area (Å²) in [7, 11) is 0. The molecule has 1 saturated heterocycles. The lowest BCUT2D eigenvalue weighted by atomic mass is 10.4. The quantitative estimate of drug-likeness (QED) is 0.524. The van der Waals surface area contributed by atoms with Crippen LogP contribution in [0.25, 0.3) is 0 Å². The molecule has 0 radical (unpaired) electrons. The van der Waals surface area contributed by atoms with Crippen molar-refractivity contribution in [1.29, 1.82) is 0 Å². The first-order valence-electron chi connectivity index (χ1n) is 2.83. The van der Waals surface area contributed by atoms with E-state index in [4.69, 9.17) is 0 Å². The van der Waals surface area contributed by atoms with E-state index in [0.717, 1.165) is 12.8 Å². The first-order valence-corrected chi connectivity index (χ1v) is 2.83. The van der Waals surface area contributed by atoms with Gasteiger partial charge in [0.05, 0.1) is 0 Å². The van der Waals surface area contributed by atoms with Crippen LogP contribution in [0.1, 0.15) is 12.8 Å². The van der Waals surface area contributed by atoms with E-state index in [2.05, 4.69) is 0 Å². The lowest BCUT2D eigenvalue weighted by Crippen LogP contribution is -2.24. The van der Waals surface area contributed by atoms with Crippen LogP contribution in [0.15, 0.2) is 0 Å². The minimum absolute atomic E-state index is 0. The van der Waals surface area contributed by atoms with Gasteiger partial charge in [-0.3, -0.25) is 0 Å². The van der Waals surface area contributed by atoms with Crippen molar-refractivity contribution in [3.63, 3.8) is 0 Å². The summed E-state index contributed by atoms with van der Waals surface area (Å²) in [6.45, 7) is -1.06. The summed E-state index contributed by atoms with van der Waals surface area (Å²) < 4.78 is 23.3. The Bertz CT molecular complexity index is 73.4. The number of rotatable bonds is 1. The SMILES string of the molecule is Cl.FC(F)N1CCCC1. The average Bonchev–Trinajstić information content (AvgIpc) is 2.12. The molecular weight excluding hydrogens is 148 g/mol. The summed E-state index contributed by atoms with van der Waals surface area (Å²) in [4.78, 5) is 1.19. The molecule has 1 rings (SSSR count). The van der Waals surface area contributed by atoms with Crippen LogP contribution in [0.4, 0.5) is 8.78 Å². The van der Waals surface area contributed by atoms with E-state index in [0.29, 0.717) is 13.1 Å². The summed E-state index contributed by atoms with van der Waals surface area (Å²) in [5.74, 6) is 0. The van der Waals surface area contributed by atoms with Crippen LogP contribution in [-0.2, 0) is 0 Å². The molecule has 0 amide bonds. The maximum Gasteiger partial charge on any atom is 0.294 e. The highest BCUT2D eigenvalue weighted by Gasteiger charge is 2.19. The molecule has 0 aromatic carbocycles. The standard InChI is InChI=1S/C5H9F2N.ClH/c6-5(7)8-3-1-2-4-8;/h5H,1-4H2;1H. The van der Waals surface area contributed by atoms with Gasteiger partial charge in [0.2, 0.25) is 0 Å². The second-order valence-electron chi connectivity index (χ2n) is 2.02. The van der Waals surface area contributed by atoms with Gasteiger partial charge in [0.1, 0.15) is 0 Å². The number of likely N-dealkylation sites (tertiary alicyclic amines) is 1. The highest BCUT2D eigenvalue weighted by Crippen LogP contribution is 2.12. The van der Waals surface area contributed by atoms with Crippen molar-refractivity contribution in [1.82, 2.24) is 4.90 Å². The third-order valence-electron chi connectivity index (χ3n) is 1.42. The highest BCUT2D eigenvalue weighted by atomic mass is 35.5. The molecule has 0 aliphatic carbocycles. The van der Waals surface area contributed by atoms with Gasteiger partial charge in [0.15, 0.2) is 0 Å². The monoisotopic (exact) mass is 157 g/mol. The minimum Gasteiger partial charge on any atom is -0.247 e. The van der Waals surface area contributed by atoms with Gasteiger partial charge < -0.3 is 0 Å². The number of nitrogens with zero attached hydrogens (tertiary/aromatic N) is 1. The van der Waals surface area contributed by atoms with Crippen molar-refractivity contribution < 1.29 is 8.78 Å². The van der Waals surface area contributed by atoms with Crippen molar-refractivity contribution in [3.8, 4) is 0 Å². The molecule has 0 N–H and O–H groups in total. The van der Waals surface area contributed by atoms with Gasteiger partial charge in [-0.1, -0.05) is 0 Å². The van der Waals surface area contributed by atoms with Gasteiger partial charge in [-0.05, 0) is 12.8 Å². The van der Waals surface area contributed by atoms with Gasteiger partial charge in [-0.15, -0.1) is 12.4 Å². The summed E-state index contributed by atoms with van der Waals surface area (Å²) in [6, 6.07) is 0. The summed E-state index contributed by atoms with van der Waals surface area (Å²) in [5, 5.41) is 0. The van der Waals surface area contributed by atoms with Crippen LogP contribution in [-0.4, -0.2) is 24.5 Å². The zero-order valence-corrected chi connectivity index (χ0v) is 5.83. The number of hydrogen-bond donors (Lipinski definition) is 0. The molecule has 0 aromatic rings. The van der Waals surface area contributed by atoms with E-state index in [-0.39, 0.29) is 12.4 Å². The second kappa shape index (κ2) is 4.01. The molecule has 0 aromatic heterocycles. The molecular formula is C5H10ClF2N. The van der Waals surface area contributed by atoms with Gasteiger partial charge in [0.25, 0.3) is 6.55 Å². The predicted octanol–water partition coefficient (Wildman–Crippen LogP) is 1.73. The third kappa shape index (κ3) is 2.45. The van der Waals surface area contributed by atoms with Crippen molar-refractivity contribution >= 4 is 12.4 Å². The van der Waals surface area contributed by atoms with E-state index < -0.39 is 6.55 Å². The van der Waals surface area contributed by atoms with E-state index in [1.165, 1.54) is 4.90 Å². The number of hydrogen-bond acceptors (Lipinski definition) is 1. The largest absolute Gasteiger partial charge is 0.294 e. The molecule has 0 spiro atoms. The molecule has 9 heavy (non-hydrogen) atoms. The molecule has 56 valence electrons. The topological polar surface area (TPSA) is 3.24 Å². The Balaban J connectivity index is 0.000000640. The maximum absolute atomic E-state index is 11.7. The molecule has 1 heterocycles. The summed E-state index contributed by atoms with van der Waals surface area (Å²) in [5.41, 5.74) is 0. The second-order valence-corrected chi connectivity index (χ2v) is 2.02. The molecule has 0 atom stereocenters. The molecule has 0 saturated carbocycles. The van der Waals surface area contributed by atoms with Crippen LogP contribution < -0.4 is 0 Å². The molecule has 1 fully saturated rings. The van der Waals surface area contributed by atoms with E-state index in [1.54, 1.807) is 0 Å². The zero-order valence-electron chi connectivity index (χ0n) is 5.02. The first-order chi connectivity index (χ1) is 3.80. The van der Waals surface area contributed by atoms with Crippen LogP contribution in [0.3, 0.4) is 0 Å². The Morgan fingerprint density at radius 2 is 1.56 bits per heavy atom. The molecule has 1 aliphatic heterocycles. The normalized spacial score (nSPS) is 20.3. The summed E-state index contributed by atoms with van der Waals surface area (Å²) >= 11 is 0. The summed E-state index contributed by atoms with van der Waals surface area (Å²) in [6.07, 6.45) is 1.87. The maximum atomic E-state index is 11.7. The molecule has 0 bridgehead atoms. The first kappa shape index (κ1) is 9.11. The number of alkyl halides is 2. The molecule has 1 aliphatic rings. The highest BCUT2D eigenvalue weighted by molar-refractivity contribution is 5.85. The van der Waals surface area contributed by atoms with Gasteiger partial charge >= 0.3 is 0 Å². The smallest absolute Gasteiger partial charge is 0.247 e. The van der Waals surface area contributed by atoms with Gasteiger partial charge in [0, 0.05) is 13.1 Å². The lowest BCUT2D eigenvalue weighted by molar-refractivity contribution is -0.0108. The Morgan fingerprint density at radius 3 is 1.78 bits per heavy atom. The van der Waals surface area contributed by atoms with Crippen molar-refractivity contribution in [3.05, 3.63) is 0 Å². The molecule has 1 nitrogen and oxygen atoms in total. The Hall–Kier alpha value is 0.110.